The van der Waals surface area contributed by atoms with Crippen molar-refractivity contribution >= 4 is 11.7 Å². The van der Waals surface area contributed by atoms with E-state index < -0.39 is 0 Å². The molecule has 0 aliphatic rings. The SMILES string of the molecule is CC(CN)CCCNC(=O)Nc1ccccc1. The first-order chi connectivity index (χ1) is 8.22. The van der Waals surface area contributed by atoms with Crippen LogP contribution in [0.2, 0.25) is 0 Å². The highest BCUT2D eigenvalue weighted by Crippen LogP contribution is 2.04. The number of nitrogens with one attached hydrogen (secondary N) is 2. The lowest BCUT2D eigenvalue weighted by Crippen LogP contribution is -2.29. The molecule has 1 rings (SSSR count). The van der Waals surface area contributed by atoms with Crippen LogP contribution in [0.3, 0.4) is 0 Å². The lowest BCUT2D eigenvalue weighted by molar-refractivity contribution is 0.251. The molecule has 4 nitrogen and oxygen atoms in total. The van der Waals surface area contributed by atoms with Gasteiger partial charge in [-0.2, -0.15) is 0 Å². The molecule has 17 heavy (non-hydrogen) atoms. The molecular weight excluding hydrogens is 214 g/mol. The van der Waals surface area contributed by atoms with E-state index in [-0.39, 0.29) is 6.03 Å². The normalized spacial score (nSPS) is 11.9. The Kier molecular flexibility index (Phi) is 6.10. The minimum atomic E-state index is -0.156. The summed E-state index contributed by atoms with van der Waals surface area (Å²) in [5.74, 6) is 0.522. The van der Waals surface area contributed by atoms with E-state index in [4.69, 9.17) is 5.73 Å². The number of hydrogen-bond acceptors (Lipinski definition) is 2. The van der Waals surface area contributed by atoms with Gasteiger partial charge in [0, 0.05) is 12.2 Å². The van der Waals surface area contributed by atoms with Crippen molar-refractivity contribution in [3.63, 3.8) is 0 Å². The third kappa shape index (κ3) is 5.92. The predicted octanol–water partition coefficient (Wildman–Crippen LogP) is 2.18. The molecule has 1 aromatic carbocycles. The lowest BCUT2D eigenvalue weighted by Gasteiger charge is -2.09. The van der Waals surface area contributed by atoms with Gasteiger partial charge in [0.05, 0.1) is 0 Å². The molecule has 0 saturated carbocycles. The third-order valence-electron chi connectivity index (χ3n) is 2.59. The minimum absolute atomic E-state index is 0.156. The maximum absolute atomic E-state index is 11.5. The van der Waals surface area contributed by atoms with Gasteiger partial charge >= 0.3 is 6.03 Å². The number of amides is 2. The first kappa shape index (κ1) is 13.5. The first-order valence-electron chi connectivity index (χ1n) is 6.02. The summed E-state index contributed by atoms with van der Waals surface area (Å²) in [5.41, 5.74) is 6.32. The van der Waals surface area contributed by atoms with Crippen molar-refractivity contribution in [2.24, 2.45) is 11.7 Å². The summed E-state index contributed by atoms with van der Waals surface area (Å²) in [6, 6.07) is 9.25. The number of carbonyl (C=O) groups excluding carboxylic acids is 1. The van der Waals surface area contributed by atoms with Gasteiger partial charge in [-0.05, 0) is 37.4 Å². The number of hydrogen-bond donors (Lipinski definition) is 3. The number of rotatable bonds is 6. The van der Waals surface area contributed by atoms with E-state index in [9.17, 15) is 4.79 Å². The fourth-order valence-electron chi connectivity index (χ4n) is 1.47. The highest BCUT2D eigenvalue weighted by Gasteiger charge is 2.01. The fourth-order valence-corrected chi connectivity index (χ4v) is 1.47. The number of para-hydroxylation sites is 1. The van der Waals surface area contributed by atoms with Crippen LogP contribution < -0.4 is 16.4 Å². The molecule has 0 heterocycles. The zero-order valence-electron chi connectivity index (χ0n) is 10.3. The van der Waals surface area contributed by atoms with Crippen LogP contribution in [-0.4, -0.2) is 19.1 Å². The Morgan fingerprint density at radius 2 is 2.06 bits per heavy atom. The molecule has 0 aromatic heterocycles. The van der Waals surface area contributed by atoms with Crippen LogP contribution >= 0.6 is 0 Å². The summed E-state index contributed by atoms with van der Waals surface area (Å²) >= 11 is 0. The second-order valence-electron chi connectivity index (χ2n) is 4.23. The van der Waals surface area contributed by atoms with Gasteiger partial charge in [0.25, 0.3) is 0 Å². The number of benzene rings is 1. The van der Waals surface area contributed by atoms with Gasteiger partial charge in [-0.3, -0.25) is 0 Å². The highest BCUT2D eigenvalue weighted by atomic mass is 16.2. The van der Waals surface area contributed by atoms with Crippen molar-refractivity contribution in [2.45, 2.75) is 19.8 Å². The lowest BCUT2D eigenvalue weighted by atomic mass is 10.1. The van der Waals surface area contributed by atoms with Gasteiger partial charge in [0.15, 0.2) is 0 Å². The van der Waals surface area contributed by atoms with Crippen molar-refractivity contribution in [3.05, 3.63) is 30.3 Å². The second kappa shape index (κ2) is 7.68. The molecule has 1 aromatic rings. The molecule has 0 aliphatic carbocycles. The molecule has 94 valence electrons. The summed E-state index contributed by atoms with van der Waals surface area (Å²) in [5, 5.41) is 5.59. The van der Waals surface area contributed by atoms with E-state index in [0.29, 0.717) is 19.0 Å². The Morgan fingerprint density at radius 1 is 1.35 bits per heavy atom. The van der Waals surface area contributed by atoms with Gasteiger partial charge < -0.3 is 16.4 Å². The van der Waals surface area contributed by atoms with Crippen molar-refractivity contribution in [1.82, 2.24) is 5.32 Å². The van der Waals surface area contributed by atoms with Crippen molar-refractivity contribution < 1.29 is 4.79 Å². The Bertz CT molecular complexity index is 327. The molecule has 0 radical (unpaired) electrons. The summed E-state index contributed by atoms with van der Waals surface area (Å²) in [4.78, 5) is 11.5. The monoisotopic (exact) mass is 235 g/mol. The molecule has 1 unspecified atom stereocenters. The molecule has 0 bridgehead atoms. The van der Waals surface area contributed by atoms with Crippen LogP contribution in [0.5, 0.6) is 0 Å². The highest BCUT2D eigenvalue weighted by molar-refractivity contribution is 5.89. The smallest absolute Gasteiger partial charge is 0.319 e. The molecular formula is C13H21N3O. The Labute approximate surface area is 103 Å². The Hall–Kier alpha value is -1.55. The van der Waals surface area contributed by atoms with Crippen LogP contribution in [0.1, 0.15) is 19.8 Å². The summed E-state index contributed by atoms with van der Waals surface area (Å²) < 4.78 is 0. The number of anilines is 1. The van der Waals surface area contributed by atoms with E-state index in [2.05, 4.69) is 17.6 Å². The average Bonchev–Trinajstić information content (AvgIpc) is 2.35. The molecule has 0 saturated heterocycles. The van der Waals surface area contributed by atoms with E-state index in [0.717, 1.165) is 18.5 Å². The van der Waals surface area contributed by atoms with E-state index in [1.54, 1.807) is 0 Å². The Morgan fingerprint density at radius 3 is 2.71 bits per heavy atom. The molecule has 0 aliphatic heterocycles. The van der Waals surface area contributed by atoms with E-state index >= 15 is 0 Å². The number of carbonyl (C=O) groups is 1. The quantitative estimate of drug-likeness (QED) is 0.662. The number of urea groups is 1. The maximum Gasteiger partial charge on any atom is 0.319 e. The van der Waals surface area contributed by atoms with Crippen LogP contribution in [0, 0.1) is 5.92 Å². The fraction of sp³-hybridized carbons (Fsp3) is 0.462. The van der Waals surface area contributed by atoms with Crippen molar-refractivity contribution in [1.29, 1.82) is 0 Å². The van der Waals surface area contributed by atoms with Crippen LogP contribution in [0.4, 0.5) is 10.5 Å². The number of nitrogens with two attached hydrogens (primary N) is 1. The largest absolute Gasteiger partial charge is 0.338 e. The molecule has 4 heteroatoms. The minimum Gasteiger partial charge on any atom is -0.338 e. The van der Waals surface area contributed by atoms with Crippen LogP contribution in [0.25, 0.3) is 0 Å². The molecule has 0 spiro atoms. The maximum atomic E-state index is 11.5. The van der Waals surface area contributed by atoms with Gasteiger partial charge in [0.1, 0.15) is 0 Å². The zero-order chi connectivity index (χ0) is 12.5. The van der Waals surface area contributed by atoms with Gasteiger partial charge in [-0.25, -0.2) is 4.79 Å². The first-order valence-corrected chi connectivity index (χ1v) is 6.02. The van der Waals surface area contributed by atoms with Gasteiger partial charge in [0.2, 0.25) is 0 Å². The predicted molar refractivity (Wildman–Crippen MR) is 70.9 cm³/mol. The molecule has 0 fully saturated rings. The van der Waals surface area contributed by atoms with Crippen LogP contribution in [0.15, 0.2) is 30.3 Å². The molecule has 1 atom stereocenters. The average molecular weight is 235 g/mol. The van der Waals surface area contributed by atoms with Gasteiger partial charge in [-0.1, -0.05) is 25.1 Å². The van der Waals surface area contributed by atoms with E-state index in [1.807, 2.05) is 30.3 Å². The second-order valence-corrected chi connectivity index (χ2v) is 4.23. The molecule has 4 N–H and O–H groups in total. The topological polar surface area (TPSA) is 67.1 Å². The standard InChI is InChI=1S/C13H21N3O/c1-11(10-14)6-5-9-15-13(17)16-12-7-3-2-4-8-12/h2-4,7-8,11H,5-6,9-10,14H2,1H3,(H2,15,16,17). The zero-order valence-corrected chi connectivity index (χ0v) is 10.3. The third-order valence-corrected chi connectivity index (χ3v) is 2.59. The van der Waals surface area contributed by atoms with E-state index in [1.165, 1.54) is 0 Å². The summed E-state index contributed by atoms with van der Waals surface area (Å²) in [6.07, 6.45) is 2.00. The molecule has 2 amide bonds. The Balaban J connectivity index is 2.14. The van der Waals surface area contributed by atoms with Crippen molar-refractivity contribution in [2.75, 3.05) is 18.4 Å². The van der Waals surface area contributed by atoms with Crippen LogP contribution in [-0.2, 0) is 0 Å². The van der Waals surface area contributed by atoms with Crippen molar-refractivity contribution in [3.8, 4) is 0 Å². The summed E-state index contributed by atoms with van der Waals surface area (Å²) in [7, 11) is 0. The van der Waals surface area contributed by atoms with Gasteiger partial charge in [-0.15, -0.1) is 0 Å². The summed E-state index contributed by atoms with van der Waals surface area (Å²) in [6.45, 7) is 3.50.